The molecule has 0 bridgehead atoms. The average molecular weight is 395 g/mol. The summed E-state index contributed by atoms with van der Waals surface area (Å²) in [5, 5.41) is 6.92. The minimum Gasteiger partial charge on any atom is -0.490 e. The fourth-order valence-electron chi connectivity index (χ4n) is 3.21. The van der Waals surface area contributed by atoms with Crippen molar-refractivity contribution in [3.8, 4) is 17.1 Å². The van der Waals surface area contributed by atoms with Crippen LogP contribution < -0.4 is 10.1 Å². The monoisotopic (exact) mass is 395 g/mol. The van der Waals surface area contributed by atoms with Gasteiger partial charge in [-0.05, 0) is 48.9 Å². The maximum atomic E-state index is 13.3. The van der Waals surface area contributed by atoms with Crippen molar-refractivity contribution < 1.29 is 18.4 Å². The highest BCUT2D eigenvalue weighted by molar-refractivity contribution is 7.22. The van der Waals surface area contributed by atoms with E-state index in [2.05, 4.69) is 15.5 Å². The molecule has 0 aliphatic carbocycles. The number of nitrogens with one attached hydrogen (secondary N) is 1. The van der Waals surface area contributed by atoms with Crippen LogP contribution in [0.4, 0.5) is 9.52 Å². The summed E-state index contributed by atoms with van der Waals surface area (Å²) in [6, 6.07) is 11.6. The van der Waals surface area contributed by atoms with Gasteiger partial charge in [-0.25, -0.2) is 9.37 Å². The highest BCUT2D eigenvalue weighted by atomic mass is 32.1. The van der Waals surface area contributed by atoms with E-state index in [9.17, 15) is 9.18 Å². The number of fused-ring (bicyclic) bond motifs is 2. The molecular weight excluding hydrogens is 381 g/mol. The van der Waals surface area contributed by atoms with Crippen molar-refractivity contribution in [2.24, 2.45) is 0 Å². The lowest BCUT2D eigenvalue weighted by molar-refractivity contribution is 0.101. The third-order valence-corrected chi connectivity index (χ3v) is 5.43. The first-order valence-electron chi connectivity index (χ1n) is 8.69. The van der Waals surface area contributed by atoms with Crippen LogP contribution >= 0.6 is 11.3 Å². The third kappa shape index (κ3) is 3.01. The number of carbonyl (C=O) groups excluding carboxylic acids is 1. The fourth-order valence-corrected chi connectivity index (χ4v) is 4.09. The average Bonchev–Trinajstić information content (AvgIpc) is 3.37. The molecule has 2 aromatic carbocycles. The van der Waals surface area contributed by atoms with Gasteiger partial charge in [-0.3, -0.25) is 10.1 Å². The van der Waals surface area contributed by atoms with Gasteiger partial charge < -0.3 is 9.26 Å². The van der Waals surface area contributed by atoms with Crippen LogP contribution in [0.2, 0.25) is 0 Å². The fraction of sp³-hybridized carbons (Fsp3) is 0.150. The van der Waals surface area contributed by atoms with Crippen molar-refractivity contribution in [1.82, 2.24) is 10.1 Å². The van der Waals surface area contributed by atoms with Gasteiger partial charge >= 0.3 is 0 Å². The number of carbonyl (C=O) groups is 1. The Bertz CT molecular complexity index is 1220. The summed E-state index contributed by atoms with van der Waals surface area (Å²) in [7, 11) is 0. The van der Waals surface area contributed by atoms with Gasteiger partial charge in [-0.2, -0.15) is 0 Å². The van der Waals surface area contributed by atoms with E-state index in [1.54, 1.807) is 12.1 Å². The third-order valence-electron chi connectivity index (χ3n) is 4.49. The number of amides is 1. The van der Waals surface area contributed by atoms with E-state index in [4.69, 9.17) is 9.26 Å². The number of hydrogen-bond acceptors (Lipinski definition) is 6. The lowest BCUT2D eigenvalue weighted by atomic mass is 10.1. The Kier molecular flexibility index (Phi) is 3.87. The summed E-state index contributed by atoms with van der Waals surface area (Å²) >= 11 is 1.20. The number of benzene rings is 2. The number of halogens is 1. The molecule has 0 saturated carbocycles. The second-order valence-electron chi connectivity index (χ2n) is 6.62. The molecule has 0 radical (unpaired) electrons. The van der Waals surface area contributed by atoms with Crippen molar-refractivity contribution in [3.63, 3.8) is 0 Å². The Labute approximate surface area is 162 Å². The molecule has 5 rings (SSSR count). The zero-order valence-corrected chi connectivity index (χ0v) is 15.5. The van der Waals surface area contributed by atoms with E-state index in [-0.39, 0.29) is 17.6 Å². The number of rotatable bonds is 3. The Morgan fingerprint density at radius 1 is 1.25 bits per heavy atom. The van der Waals surface area contributed by atoms with Crippen LogP contribution in [0.25, 0.3) is 21.5 Å². The van der Waals surface area contributed by atoms with Crippen LogP contribution in [0.5, 0.6) is 5.75 Å². The number of thiazole rings is 1. The smallest absolute Gasteiger partial charge is 0.279 e. The first kappa shape index (κ1) is 16.9. The molecule has 8 heteroatoms. The SMILES string of the molecule is C[C@@H]1Cc2cc(-c3cc(C(=O)Nc4nc5ccc(F)cc5s4)no3)ccc2O1. The van der Waals surface area contributed by atoms with Crippen molar-refractivity contribution in [1.29, 1.82) is 0 Å². The van der Waals surface area contributed by atoms with E-state index in [1.165, 1.54) is 23.5 Å². The molecule has 0 unspecified atom stereocenters. The van der Waals surface area contributed by atoms with Crippen LogP contribution in [-0.4, -0.2) is 22.2 Å². The first-order valence-corrected chi connectivity index (χ1v) is 9.51. The minimum atomic E-state index is -0.437. The molecule has 4 aromatic rings. The van der Waals surface area contributed by atoms with Crippen LogP contribution in [0.3, 0.4) is 0 Å². The molecule has 1 N–H and O–H groups in total. The van der Waals surface area contributed by atoms with Crippen molar-refractivity contribution in [2.45, 2.75) is 19.4 Å². The molecule has 140 valence electrons. The topological polar surface area (TPSA) is 77.3 Å². The van der Waals surface area contributed by atoms with Gasteiger partial charge in [-0.15, -0.1) is 0 Å². The highest BCUT2D eigenvalue weighted by Crippen LogP contribution is 2.33. The van der Waals surface area contributed by atoms with Gasteiger partial charge in [0.1, 0.15) is 17.7 Å². The summed E-state index contributed by atoms with van der Waals surface area (Å²) in [5.41, 5.74) is 2.70. The second-order valence-corrected chi connectivity index (χ2v) is 7.65. The lowest BCUT2D eigenvalue weighted by Crippen LogP contribution is -2.11. The van der Waals surface area contributed by atoms with Crippen LogP contribution in [-0.2, 0) is 6.42 Å². The molecule has 0 fully saturated rings. The highest BCUT2D eigenvalue weighted by Gasteiger charge is 2.21. The normalized spacial score (nSPS) is 15.4. The quantitative estimate of drug-likeness (QED) is 0.546. The molecule has 1 aliphatic heterocycles. The molecule has 0 spiro atoms. The molecule has 2 aromatic heterocycles. The van der Waals surface area contributed by atoms with Crippen LogP contribution in [0.15, 0.2) is 47.0 Å². The maximum Gasteiger partial charge on any atom is 0.279 e. The first-order chi connectivity index (χ1) is 13.5. The van der Waals surface area contributed by atoms with E-state index in [0.717, 1.165) is 23.3 Å². The molecule has 28 heavy (non-hydrogen) atoms. The summed E-state index contributed by atoms with van der Waals surface area (Å²) < 4.78 is 25.0. The maximum absolute atomic E-state index is 13.3. The standard InChI is InChI=1S/C20H14FN3O3S/c1-10-6-12-7-11(2-5-16(12)26-10)17-9-15(24-27-17)19(25)23-20-22-14-4-3-13(21)8-18(14)28-20/h2-5,7-10H,6H2,1H3,(H,22,23,25)/t10-/m1/s1. The van der Waals surface area contributed by atoms with E-state index in [1.807, 2.05) is 25.1 Å². The molecule has 1 atom stereocenters. The van der Waals surface area contributed by atoms with Crippen molar-refractivity contribution in [3.05, 3.63) is 59.5 Å². The molecule has 3 heterocycles. The van der Waals surface area contributed by atoms with E-state index < -0.39 is 5.91 Å². The van der Waals surface area contributed by atoms with E-state index in [0.29, 0.717) is 21.1 Å². The summed E-state index contributed by atoms with van der Waals surface area (Å²) in [4.78, 5) is 16.7. The molecular formula is C20H14FN3O3S. The molecule has 6 nitrogen and oxygen atoms in total. The van der Waals surface area contributed by atoms with Gasteiger partial charge in [0.15, 0.2) is 16.6 Å². The Morgan fingerprint density at radius 2 is 2.14 bits per heavy atom. The van der Waals surface area contributed by atoms with Gasteiger partial charge in [0, 0.05) is 18.1 Å². The van der Waals surface area contributed by atoms with Crippen LogP contribution in [0, 0.1) is 5.82 Å². The molecule has 0 saturated heterocycles. The zero-order valence-electron chi connectivity index (χ0n) is 14.7. The van der Waals surface area contributed by atoms with Crippen molar-refractivity contribution in [2.75, 3.05) is 5.32 Å². The molecule has 1 aliphatic rings. The number of aromatic nitrogens is 2. The van der Waals surface area contributed by atoms with Crippen molar-refractivity contribution >= 4 is 32.6 Å². The summed E-state index contributed by atoms with van der Waals surface area (Å²) in [6.07, 6.45) is 0.992. The summed E-state index contributed by atoms with van der Waals surface area (Å²) in [5.74, 6) is 0.594. The van der Waals surface area contributed by atoms with Gasteiger partial charge in [0.05, 0.1) is 10.2 Å². The Morgan fingerprint density at radius 3 is 3.04 bits per heavy atom. The minimum absolute atomic E-state index is 0.144. The number of nitrogens with zero attached hydrogens (tertiary/aromatic N) is 2. The largest absolute Gasteiger partial charge is 0.490 e. The Hall–Kier alpha value is -3.26. The predicted molar refractivity (Wildman–Crippen MR) is 103 cm³/mol. The lowest BCUT2D eigenvalue weighted by Gasteiger charge is -2.02. The number of anilines is 1. The Balaban J connectivity index is 1.36. The number of ether oxygens (including phenoxy) is 1. The summed E-state index contributed by atoms with van der Waals surface area (Å²) in [6.45, 7) is 2.02. The van der Waals surface area contributed by atoms with Crippen LogP contribution in [0.1, 0.15) is 23.0 Å². The predicted octanol–water partition coefficient (Wildman–Crippen LogP) is 4.67. The van der Waals surface area contributed by atoms with Gasteiger partial charge in [-0.1, -0.05) is 16.5 Å². The second kappa shape index (κ2) is 6.42. The van der Waals surface area contributed by atoms with Gasteiger partial charge in [0.2, 0.25) is 0 Å². The van der Waals surface area contributed by atoms with Gasteiger partial charge in [0.25, 0.3) is 5.91 Å². The number of hydrogen-bond donors (Lipinski definition) is 1. The molecule has 1 amide bonds. The van der Waals surface area contributed by atoms with E-state index >= 15 is 0 Å². The zero-order chi connectivity index (χ0) is 19.3.